The first kappa shape index (κ1) is 13.2. The molecular formula is C9H12ClN3O2. The topological polar surface area (TPSA) is 90.4 Å². The van der Waals surface area contributed by atoms with Crippen molar-refractivity contribution in [2.45, 2.75) is 0 Å². The van der Waals surface area contributed by atoms with Gasteiger partial charge in [0.15, 0.2) is 5.96 Å². The van der Waals surface area contributed by atoms with Crippen molar-refractivity contribution < 1.29 is 9.90 Å². The Hall–Kier alpha value is -1.75. The number of carbonyl (C=O) groups is 1. The molecule has 0 spiro atoms. The third-order valence-corrected chi connectivity index (χ3v) is 1.86. The molecule has 0 radical (unpaired) electrons. The summed E-state index contributed by atoms with van der Waals surface area (Å²) in [5.74, 6) is -1.06. The van der Waals surface area contributed by atoms with Crippen LogP contribution in [0.1, 0.15) is 10.4 Å². The summed E-state index contributed by atoms with van der Waals surface area (Å²) < 4.78 is 0. The second-order valence-electron chi connectivity index (χ2n) is 2.80. The number of aromatic carboxylic acids is 1. The Balaban J connectivity index is 0.00000196. The van der Waals surface area contributed by atoms with Gasteiger partial charge in [0.1, 0.15) is 0 Å². The van der Waals surface area contributed by atoms with Crippen LogP contribution in [-0.2, 0) is 0 Å². The Morgan fingerprint density at radius 3 is 2.20 bits per heavy atom. The molecule has 1 aromatic carbocycles. The van der Waals surface area contributed by atoms with Crippen LogP contribution in [0.5, 0.6) is 0 Å². The molecule has 1 aromatic rings. The van der Waals surface area contributed by atoms with Gasteiger partial charge in [0.05, 0.1) is 5.56 Å². The SMILES string of the molecule is CN(C(=N)N)c1ccc(C(=O)O)cc1.Cl. The fraction of sp³-hybridized carbons (Fsp3) is 0.111. The second-order valence-corrected chi connectivity index (χ2v) is 2.80. The lowest BCUT2D eigenvalue weighted by atomic mass is 10.2. The lowest BCUT2D eigenvalue weighted by Crippen LogP contribution is -2.32. The normalized spacial score (nSPS) is 8.87. The number of rotatable bonds is 2. The number of nitrogens with one attached hydrogen (secondary N) is 1. The molecule has 0 amide bonds. The van der Waals surface area contributed by atoms with Crippen LogP contribution < -0.4 is 10.6 Å². The third-order valence-electron chi connectivity index (χ3n) is 1.86. The minimum Gasteiger partial charge on any atom is -0.478 e. The lowest BCUT2D eigenvalue weighted by molar-refractivity contribution is 0.0697. The first-order valence-corrected chi connectivity index (χ1v) is 3.93. The van der Waals surface area contributed by atoms with E-state index in [2.05, 4.69) is 0 Å². The van der Waals surface area contributed by atoms with Crippen LogP contribution in [0.3, 0.4) is 0 Å². The molecule has 0 heterocycles. The molecule has 0 aliphatic rings. The maximum absolute atomic E-state index is 10.5. The van der Waals surface area contributed by atoms with Gasteiger partial charge in [-0.3, -0.25) is 5.41 Å². The molecule has 0 aliphatic heterocycles. The van der Waals surface area contributed by atoms with E-state index in [1.807, 2.05) is 0 Å². The zero-order valence-electron chi connectivity index (χ0n) is 8.10. The van der Waals surface area contributed by atoms with Crippen molar-refractivity contribution >= 4 is 30.0 Å². The molecule has 6 heteroatoms. The van der Waals surface area contributed by atoms with Crippen molar-refractivity contribution in [2.24, 2.45) is 5.73 Å². The third kappa shape index (κ3) is 3.14. The smallest absolute Gasteiger partial charge is 0.335 e. The molecule has 1 rings (SSSR count). The number of benzene rings is 1. The van der Waals surface area contributed by atoms with Crippen LogP contribution in [-0.4, -0.2) is 24.1 Å². The summed E-state index contributed by atoms with van der Waals surface area (Å²) >= 11 is 0. The van der Waals surface area contributed by atoms with Crippen molar-refractivity contribution in [2.75, 3.05) is 11.9 Å². The quantitative estimate of drug-likeness (QED) is 0.524. The van der Waals surface area contributed by atoms with Crippen molar-refractivity contribution in [1.29, 1.82) is 5.41 Å². The van der Waals surface area contributed by atoms with Gasteiger partial charge >= 0.3 is 5.97 Å². The van der Waals surface area contributed by atoms with E-state index in [1.54, 1.807) is 19.2 Å². The Morgan fingerprint density at radius 1 is 1.40 bits per heavy atom. The number of halogens is 1. The molecule has 0 saturated carbocycles. The van der Waals surface area contributed by atoms with Crippen LogP contribution in [0.15, 0.2) is 24.3 Å². The molecule has 4 N–H and O–H groups in total. The molecule has 0 bridgehead atoms. The number of carboxylic acid groups (broad SMARTS) is 1. The monoisotopic (exact) mass is 229 g/mol. The van der Waals surface area contributed by atoms with E-state index >= 15 is 0 Å². The molecule has 5 nitrogen and oxygen atoms in total. The predicted octanol–water partition coefficient (Wildman–Crippen LogP) is 1.14. The van der Waals surface area contributed by atoms with Crippen LogP contribution in [0, 0.1) is 5.41 Å². The van der Waals surface area contributed by atoms with E-state index < -0.39 is 5.97 Å². The minimum atomic E-state index is -0.970. The predicted molar refractivity (Wildman–Crippen MR) is 61.0 cm³/mol. The maximum atomic E-state index is 10.5. The lowest BCUT2D eigenvalue weighted by Gasteiger charge is -2.16. The number of nitrogens with zero attached hydrogens (tertiary/aromatic N) is 1. The highest BCUT2D eigenvalue weighted by Gasteiger charge is 2.05. The summed E-state index contributed by atoms with van der Waals surface area (Å²) in [5, 5.41) is 15.8. The van der Waals surface area contributed by atoms with Gasteiger partial charge in [-0.05, 0) is 24.3 Å². The standard InChI is InChI=1S/C9H11N3O2.ClH/c1-12(9(10)11)7-4-2-6(3-5-7)8(13)14;/h2-5H,1H3,(H3,10,11)(H,13,14);1H. The summed E-state index contributed by atoms with van der Waals surface area (Å²) in [6.45, 7) is 0. The molecule has 0 atom stereocenters. The van der Waals surface area contributed by atoms with Crippen LogP contribution >= 0.6 is 12.4 Å². The summed E-state index contributed by atoms with van der Waals surface area (Å²) in [5.41, 5.74) is 6.16. The second kappa shape index (κ2) is 5.21. The van der Waals surface area contributed by atoms with Crippen molar-refractivity contribution in [3.05, 3.63) is 29.8 Å². The molecule has 0 fully saturated rings. The highest BCUT2D eigenvalue weighted by Crippen LogP contribution is 2.12. The van der Waals surface area contributed by atoms with E-state index in [-0.39, 0.29) is 23.9 Å². The highest BCUT2D eigenvalue weighted by molar-refractivity contribution is 5.93. The first-order chi connectivity index (χ1) is 6.52. The molecule has 15 heavy (non-hydrogen) atoms. The largest absolute Gasteiger partial charge is 0.478 e. The molecule has 0 saturated heterocycles. The number of carboxylic acids is 1. The Morgan fingerprint density at radius 2 is 1.87 bits per heavy atom. The van der Waals surface area contributed by atoms with E-state index in [9.17, 15) is 4.79 Å². The van der Waals surface area contributed by atoms with Crippen LogP contribution in [0.2, 0.25) is 0 Å². The Kier molecular flexibility index (Phi) is 4.60. The summed E-state index contributed by atoms with van der Waals surface area (Å²) in [6.07, 6.45) is 0. The summed E-state index contributed by atoms with van der Waals surface area (Å²) in [6, 6.07) is 6.14. The zero-order valence-corrected chi connectivity index (χ0v) is 8.91. The number of nitrogens with two attached hydrogens (primary N) is 1. The molecule has 0 unspecified atom stereocenters. The number of hydrogen-bond donors (Lipinski definition) is 3. The van der Waals surface area contributed by atoms with Crippen LogP contribution in [0.4, 0.5) is 5.69 Å². The molecule has 0 aliphatic carbocycles. The van der Waals surface area contributed by atoms with Gasteiger partial charge in [-0.15, -0.1) is 12.4 Å². The molecule has 82 valence electrons. The highest BCUT2D eigenvalue weighted by atomic mass is 35.5. The fourth-order valence-electron chi connectivity index (χ4n) is 0.967. The Labute approximate surface area is 93.4 Å². The average Bonchev–Trinajstić information content (AvgIpc) is 2.16. The van der Waals surface area contributed by atoms with Gasteiger partial charge in [0, 0.05) is 12.7 Å². The van der Waals surface area contributed by atoms with E-state index in [4.69, 9.17) is 16.2 Å². The maximum Gasteiger partial charge on any atom is 0.335 e. The minimum absolute atomic E-state index is 0. The zero-order chi connectivity index (χ0) is 10.7. The van der Waals surface area contributed by atoms with E-state index in [0.29, 0.717) is 5.69 Å². The van der Waals surface area contributed by atoms with Gasteiger partial charge in [-0.25, -0.2) is 4.79 Å². The van der Waals surface area contributed by atoms with Gasteiger partial charge in [0.25, 0.3) is 0 Å². The van der Waals surface area contributed by atoms with Crippen molar-refractivity contribution in [3.63, 3.8) is 0 Å². The number of anilines is 1. The Bertz CT molecular complexity index is 364. The van der Waals surface area contributed by atoms with Gasteiger partial charge in [-0.1, -0.05) is 0 Å². The van der Waals surface area contributed by atoms with E-state index in [0.717, 1.165) is 0 Å². The van der Waals surface area contributed by atoms with Gasteiger partial charge in [-0.2, -0.15) is 0 Å². The number of guanidine groups is 1. The van der Waals surface area contributed by atoms with Gasteiger partial charge < -0.3 is 15.7 Å². The van der Waals surface area contributed by atoms with Crippen LogP contribution in [0.25, 0.3) is 0 Å². The summed E-state index contributed by atoms with van der Waals surface area (Å²) in [7, 11) is 1.64. The number of hydrogen-bond acceptors (Lipinski definition) is 2. The summed E-state index contributed by atoms with van der Waals surface area (Å²) in [4.78, 5) is 12.0. The molecular weight excluding hydrogens is 218 g/mol. The van der Waals surface area contributed by atoms with Crippen molar-refractivity contribution in [1.82, 2.24) is 0 Å². The van der Waals surface area contributed by atoms with Gasteiger partial charge in [0.2, 0.25) is 0 Å². The first-order valence-electron chi connectivity index (χ1n) is 3.93. The van der Waals surface area contributed by atoms with E-state index in [1.165, 1.54) is 17.0 Å². The average molecular weight is 230 g/mol. The fourth-order valence-corrected chi connectivity index (χ4v) is 0.967. The van der Waals surface area contributed by atoms with Crippen molar-refractivity contribution in [3.8, 4) is 0 Å². The molecule has 0 aromatic heterocycles.